The molecule has 1 aromatic heterocycles. The minimum atomic E-state index is -0.695. The van der Waals surface area contributed by atoms with Gasteiger partial charge in [-0.1, -0.05) is 29.5 Å². The maximum atomic E-state index is 10.6. The molecule has 4 nitrogen and oxygen atoms in total. The molecular weight excluding hydrogens is 214 g/mol. The summed E-state index contributed by atoms with van der Waals surface area (Å²) in [5.41, 5.74) is 2.65. The molecular formula is C13H15N3O. The zero-order valence-electron chi connectivity index (χ0n) is 9.80. The van der Waals surface area contributed by atoms with E-state index in [-0.39, 0.29) is 0 Å². The molecule has 17 heavy (non-hydrogen) atoms. The first-order chi connectivity index (χ1) is 8.15. The quantitative estimate of drug-likeness (QED) is 0.832. The summed E-state index contributed by atoms with van der Waals surface area (Å²) in [4.78, 5) is 0. The lowest BCUT2D eigenvalue weighted by Crippen LogP contribution is -2.32. The van der Waals surface area contributed by atoms with Crippen LogP contribution in [0.3, 0.4) is 0 Å². The molecule has 0 fully saturated rings. The molecule has 1 heterocycles. The van der Waals surface area contributed by atoms with Crippen molar-refractivity contribution in [2.24, 2.45) is 7.05 Å². The predicted molar refractivity (Wildman–Crippen MR) is 63.5 cm³/mol. The summed E-state index contributed by atoms with van der Waals surface area (Å²) in [6, 6.07) is 8.22. The minimum absolute atomic E-state index is 0.565. The van der Waals surface area contributed by atoms with Crippen LogP contribution in [0.1, 0.15) is 16.8 Å². The molecule has 0 saturated heterocycles. The third-order valence-electron chi connectivity index (χ3n) is 3.32. The standard InChI is InChI=1S/C13H15N3O/c1-16-9-12(14-15-16)8-13(17)6-10-4-2-3-5-11(10)7-13/h2-5,9,17H,6-8H2,1H3. The number of benzene rings is 1. The Balaban J connectivity index is 1.82. The summed E-state index contributed by atoms with van der Waals surface area (Å²) >= 11 is 0. The number of aryl methyl sites for hydroxylation is 1. The fraction of sp³-hybridized carbons (Fsp3) is 0.385. The molecule has 1 aromatic carbocycles. The van der Waals surface area contributed by atoms with Crippen LogP contribution in [-0.2, 0) is 26.3 Å². The van der Waals surface area contributed by atoms with Gasteiger partial charge in [-0.15, -0.1) is 5.10 Å². The van der Waals surface area contributed by atoms with E-state index in [2.05, 4.69) is 22.4 Å². The van der Waals surface area contributed by atoms with Crippen molar-refractivity contribution in [3.05, 3.63) is 47.3 Å². The van der Waals surface area contributed by atoms with Crippen molar-refractivity contribution < 1.29 is 5.11 Å². The number of aliphatic hydroxyl groups is 1. The molecule has 0 atom stereocenters. The summed E-state index contributed by atoms with van der Waals surface area (Å²) in [5.74, 6) is 0. The Kier molecular flexibility index (Phi) is 2.26. The molecule has 1 aliphatic carbocycles. The first-order valence-corrected chi connectivity index (χ1v) is 5.79. The first-order valence-electron chi connectivity index (χ1n) is 5.79. The summed E-state index contributed by atoms with van der Waals surface area (Å²) < 4.78 is 1.67. The van der Waals surface area contributed by atoms with Gasteiger partial charge in [-0.2, -0.15) is 0 Å². The molecule has 4 heteroatoms. The Morgan fingerprint density at radius 1 is 1.29 bits per heavy atom. The smallest absolute Gasteiger partial charge is 0.0855 e. The molecule has 2 aromatic rings. The van der Waals surface area contributed by atoms with Crippen LogP contribution < -0.4 is 0 Å². The number of hydrogen-bond acceptors (Lipinski definition) is 3. The number of aromatic nitrogens is 3. The average molecular weight is 229 g/mol. The number of fused-ring (bicyclic) bond motifs is 1. The maximum Gasteiger partial charge on any atom is 0.0855 e. The van der Waals surface area contributed by atoms with Crippen molar-refractivity contribution in [1.29, 1.82) is 0 Å². The second-order valence-corrected chi connectivity index (χ2v) is 4.91. The summed E-state index contributed by atoms with van der Waals surface area (Å²) in [5, 5.41) is 18.5. The summed E-state index contributed by atoms with van der Waals surface area (Å²) in [6.45, 7) is 0. The van der Waals surface area contributed by atoms with Gasteiger partial charge in [0.1, 0.15) is 0 Å². The van der Waals surface area contributed by atoms with E-state index in [4.69, 9.17) is 0 Å². The molecule has 0 amide bonds. The van der Waals surface area contributed by atoms with E-state index in [1.807, 2.05) is 25.4 Å². The molecule has 0 bridgehead atoms. The molecule has 3 rings (SSSR count). The van der Waals surface area contributed by atoms with E-state index in [1.165, 1.54) is 11.1 Å². The summed E-state index contributed by atoms with van der Waals surface area (Å²) in [7, 11) is 1.84. The van der Waals surface area contributed by atoms with Gasteiger partial charge >= 0.3 is 0 Å². The predicted octanol–water partition coefficient (Wildman–Crippen LogP) is 0.887. The molecule has 0 saturated carbocycles. The highest BCUT2D eigenvalue weighted by molar-refractivity contribution is 5.35. The van der Waals surface area contributed by atoms with Crippen molar-refractivity contribution in [2.45, 2.75) is 24.9 Å². The van der Waals surface area contributed by atoms with Gasteiger partial charge in [0, 0.05) is 32.5 Å². The largest absolute Gasteiger partial charge is 0.389 e. The lowest BCUT2D eigenvalue weighted by molar-refractivity contribution is 0.0508. The molecule has 1 N–H and O–H groups in total. The molecule has 0 aliphatic heterocycles. The topological polar surface area (TPSA) is 50.9 Å². The fourth-order valence-electron chi connectivity index (χ4n) is 2.61. The van der Waals surface area contributed by atoms with Gasteiger partial charge in [-0.05, 0) is 11.1 Å². The SMILES string of the molecule is Cn1cc(CC2(O)Cc3ccccc3C2)nn1. The van der Waals surface area contributed by atoms with E-state index in [9.17, 15) is 5.11 Å². The Morgan fingerprint density at radius 2 is 1.94 bits per heavy atom. The van der Waals surface area contributed by atoms with Gasteiger partial charge in [0.25, 0.3) is 0 Å². The monoisotopic (exact) mass is 229 g/mol. The number of nitrogens with zero attached hydrogens (tertiary/aromatic N) is 3. The Bertz CT molecular complexity index is 522. The van der Waals surface area contributed by atoms with Gasteiger partial charge in [-0.25, -0.2) is 0 Å². The van der Waals surface area contributed by atoms with Gasteiger partial charge in [0.15, 0.2) is 0 Å². The zero-order valence-corrected chi connectivity index (χ0v) is 9.80. The second kappa shape index (κ2) is 3.67. The van der Waals surface area contributed by atoms with Crippen LogP contribution in [0, 0.1) is 0 Å². The van der Waals surface area contributed by atoms with E-state index >= 15 is 0 Å². The van der Waals surface area contributed by atoms with Crippen LogP contribution in [0.5, 0.6) is 0 Å². The normalized spacial score (nSPS) is 17.1. The Labute approximate surface area is 99.9 Å². The molecule has 88 valence electrons. The average Bonchev–Trinajstić information content (AvgIpc) is 2.81. The lowest BCUT2D eigenvalue weighted by Gasteiger charge is -2.20. The lowest BCUT2D eigenvalue weighted by atomic mass is 9.95. The van der Waals surface area contributed by atoms with E-state index in [0.29, 0.717) is 19.3 Å². The van der Waals surface area contributed by atoms with Crippen LogP contribution in [0.25, 0.3) is 0 Å². The molecule has 0 radical (unpaired) electrons. The van der Waals surface area contributed by atoms with Crippen molar-refractivity contribution in [3.63, 3.8) is 0 Å². The van der Waals surface area contributed by atoms with Crippen molar-refractivity contribution in [2.75, 3.05) is 0 Å². The highest BCUT2D eigenvalue weighted by atomic mass is 16.3. The van der Waals surface area contributed by atoms with Crippen LogP contribution in [0.4, 0.5) is 0 Å². The van der Waals surface area contributed by atoms with Crippen LogP contribution >= 0.6 is 0 Å². The second-order valence-electron chi connectivity index (χ2n) is 4.91. The minimum Gasteiger partial charge on any atom is -0.389 e. The van der Waals surface area contributed by atoms with Crippen molar-refractivity contribution in [3.8, 4) is 0 Å². The van der Waals surface area contributed by atoms with Crippen LogP contribution in [0.15, 0.2) is 30.5 Å². The third kappa shape index (κ3) is 1.96. The highest BCUT2D eigenvalue weighted by Crippen LogP contribution is 2.31. The fourth-order valence-corrected chi connectivity index (χ4v) is 2.61. The maximum absolute atomic E-state index is 10.6. The van der Waals surface area contributed by atoms with E-state index in [1.54, 1.807) is 4.68 Å². The first kappa shape index (κ1) is 10.5. The molecule has 1 aliphatic rings. The van der Waals surface area contributed by atoms with Crippen molar-refractivity contribution >= 4 is 0 Å². The number of rotatable bonds is 2. The van der Waals surface area contributed by atoms with E-state index in [0.717, 1.165) is 5.69 Å². The van der Waals surface area contributed by atoms with Gasteiger partial charge < -0.3 is 5.11 Å². The molecule has 0 spiro atoms. The van der Waals surface area contributed by atoms with E-state index < -0.39 is 5.60 Å². The highest BCUT2D eigenvalue weighted by Gasteiger charge is 2.35. The van der Waals surface area contributed by atoms with Crippen LogP contribution in [0.2, 0.25) is 0 Å². The summed E-state index contributed by atoms with van der Waals surface area (Å²) in [6.07, 6.45) is 3.84. The van der Waals surface area contributed by atoms with Gasteiger partial charge in [0.05, 0.1) is 11.3 Å². The van der Waals surface area contributed by atoms with Crippen molar-refractivity contribution in [1.82, 2.24) is 15.0 Å². The third-order valence-corrected chi connectivity index (χ3v) is 3.32. The van der Waals surface area contributed by atoms with Gasteiger partial charge in [-0.3, -0.25) is 4.68 Å². The Hall–Kier alpha value is -1.68. The van der Waals surface area contributed by atoms with Crippen LogP contribution in [-0.4, -0.2) is 25.7 Å². The Morgan fingerprint density at radius 3 is 2.47 bits per heavy atom. The number of hydrogen-bond donors (Lipinski definition) is 1. The van der Waals surface area contributed by atoms with Gasteiger partial charge in [0.2, 0.25) is 0 Å². The zero-order chi connectivity index (χ0) is 11.9. The molecule has 0 unspecified atom stereocenters.